The number of pyridine rings is 1. The number of hydrogen-bond acceptors (Lipinski definition) is 9. The van der Waals surface area contributed by atoms with Crippen LogP contribution in [0.1, 0.15) is 48.6 Å². The number of benzene rings is 1. The zero-order chi connectivity index (χ0) is 29.1. The second kappa shape index (κ2) is 12.4. The molecule has 6 N–H and O–H groups in total. The number of amides is 1. The molecule has 12 heteroatoms. The van der Waals surface area contributed by atoms with Crippen LogP contribution in [-0.4, -0.2) is 43.7 Å². The number of thioether (sulfide) groups is 1. The van der Waals surface area contributed by atoms with Gasteiger partial charge in [-0.2, -0.15) is 17.0 Å². The maximum absolute atomic E-state index is 13.0. The van der Waals surface area contributed by atoms with E-state index in [-0.39, 0.29) is 47.4 Å². The topological polar surface area (TPSA) is 174 Å². The molecule has 1 aliphatic carbocycles. The summed E-state index contributed by atoms with van der Waals surface area (Å²) < 4.78 is 20.2. The van der Waals surface area contributed by atoms with Gasteiger partial charge in [0.2, 0.25) is 27.4 Å². The zero-order valence-corrected chi connectivity index (χ0v) is 25.3. The van der Waals surface area contributed by atoms with E-state index in [1.54, 1.807) is 42.1 Å². The molecule has 5 rings (SSSR count). The summed E-state index contributed by atoms with van der Waals surface area (Å²) in [5.74, 6) is 1.53. The molecule has 214 valence electrons. The number of anilines is 1. The summed E-state index contributed by atoms with van der Waals surface area (Å²) in [4.78, 5) is 17.7. The predicted molar refractivity (Wildman–Crippen MR) is 165 cm³/mol. The molecular formula is C29H30IN5O5S. The Labute approximate surface area is 252 Å². The maximum Gasteiger partial charge on any atom is 0.237 e. The van der Waals surface area contributed by atoms with Gasteiger partial charge in [0.05, 0.1) is 11.2 Å². The summed E-state index contributed by atoms with van der Waals surface area (Å²) in [6.07, 6.45) is 6.01. The van der Waals surface area contributed by atoms with Crippen LogP contribution in [-0.2, 0) is 20.9 Å². The minimum atomic E-state index is -1.34. The Morgan fingerprint density at radius 3 is 2.95 bits per heavy atom. The average Bonchev–Trinajstić information content (AvgIpc) is 3.64. The number of carbonyl (C=O) groups excluding carboxylic acids is 1. The number of rotatable bonds is 10. The standard InChI is InChI=1S/C29H30IN5O5S/c1-29(35-30-39)23(32)15-41-24(29)5-3-2-4-6-25(38)33-28-21(13-31)26(22-10-8-18(14-36)40-22)20-12-16-11-17(37)7-9-19(16)27(20)34-28/h3,5,7-11,23-24,36-37H,2,4,6,12,14-15,32H2,1H3,(H,35,39)(H,33,34,38)/b5-3+/t23?,24?,29-/m0/s1. The Balaban J connectivity index is 1.34. The van der Waals surface area contributed by atoms with Crippen LogP contribution in [0.5, 0.6) is 5.75 Å². The first-order valence-electron chi connectivity index (χ1n) is 13.1. The number of fused-ring (bicyclic) bond motifs is 3. The van der Waals surface area contributed by atoms with Crippen molar-refractivity contribution in [1.29, 1.82) is 5.26 Å². The van der Waals surface area contributed by atoms with E-state index in [2.05, 4.69) is 21.0 Å². The second-order valence-corrected chi connectivity index (χ2v) is 12.4. The summed E-state index contributed by atoms with van der Waals surface area (Å²) in [5, 5.41) is 32.6. The highest BCUT2D eigenvalue weighted by Gasteiger charge is 2.44. The first kappa shape index (κ1) is 29.4. The molecule has 2 unspecified atom stereocenters. The molecule has 1 aromatic carbocycles. The molecule has 1 amide bonds. The molecule has 2 aromatic heterocycles. The number of aromatic nitrogens is 1. The van der Waals surface area contributed by atoms with Crippen LogP contribution in [0.4, 0.5) is 5.82 Å². The second-order valence-electron chi connectivity index (χ2n) is 10.3. The monoisotopic (exact) mass is 687 g/mol. The number of nitrogens with one attached hydrogen (secondary N) is 2. The number of nitrogens with zero attached hydrogens (tertiary/aromatic N) is 2. The van der Waals surface area contributed by atoms with Crippen molar-refractivity contribution in [2.75, 3.05) is 11.1 Å². The Hall–Kier alpha value is -3.09. The van der Waals surface area contributed by atoms with Gasteiger partial charge in [-0.05, 0) is 61.2 Å². The van der Waals surface area contributed by atoms with Gasteiger partial charge in [-0.3, -0.25) is 7.86 Å². The lowest BCUT2D eigenvalue weighted by molar-refractivity contribution is -0.116. The predicted octanol–water partition coefficient (Wildman–Crippen LogP) is 4.67. The lowest BCUT2D eigenvalue weighted by atomic mass is 9.91. The maximum atomic E-state index is 13.0. The highest BCUT2D eigenvalue weighted by atomic mass is 127. The van der Waals surface area contributed by atoms with Gasteiger partial charge in [0.15, 0.2) is 5.82 Å². The number of aliphatic hydroxyl groups excluding tert-OH is 1. The summed E-state index contributed by atoms with van der Waals surface area (Å²) in [6.45, 7) is 1.71. The molecule has 10 nitrogen and oxygen atoms in total. The van der Waals surface area contributed by atoms with Gasteiger partial charge in [-0.25, -0.2) is 8.51 Å². The molecule has 3 aromatic rings. The van der Waals surface area contributed by atoms with Crippen molar-refractivity contribution in [3.8, 4) is 34.4 Å². The average molecular weight is 688 g/mol. The molecule has 0 radical (unpaired) electrons. The lowest BCUT2D eigenvalue weighted by Gasteiger charge is -2.30. The fourth-order valence-corrected chi connectivity index (χ4v) is 8.24. The number of phenolic OH excluding ortho intramolecular Hbond substituents is 1. The van der Waals surface area contributed by atoms with Crippen molar-refractivity contribution in [3.05, 3.63) is 64.9 Å². The van der Waals surface area contributed by atoms with Crippen LogP contribution in [0.15, 0.2) is 46.9 Å². The molecule has 0 saturated carbocycles. The molecule has 2 aliphatic rings. The fraction of sp³-hybridized carbons (Fsp3) is 0.345. The number of nitriles is 1. The number of carbonyl (C=O) groups is 1. The number of nitrogens with two attached hydrogens (primary N) is 1. The third kappa shape index (κ3) is 5.82. The summed E-state index contributed by atoms with van der Waals surface area (Å²) >= 11 is 0.383. The first-order chi connectivity index (χ1) is 19.8. The largest absolute Gasteiger partial charge is 0.508 e. The summed E-state index contributed by atoms with van der Waals surface area (Å²) in [5.41, 5.74) is 9.53. The van der Waals surface area contributed by atoms with E-state index in [0.29, 0.717) is 42.0 Å². The number of furan rings is 1. The Morgan fingerprint density at radius 2 is 2.22 bits per heavy atom. The number of allylic oxidation sites excluding steroid dienone is 1. The molecule has 3 heterocycles. The smallest absolute Gasteiger partial charge is 0.237 e. The fourth-order valence-electron chi connectivity index (χ4n) is 5.26. The number of aliphatic hydroxyl groups is 1. The molecule has 0 bridgehead atoms. The Morgan fingerprint density at radius 1 is 1.39 bits per heavy atom. The van der Waals surface area contributed by atoms with Gasteiger partial charge in [0.25, 0.3) is 0 Å². The number of phenols is 1. The molecule has 0 spiro atoms. The van der Waals surface area contributed by atoms with Crippen LogP contribution in [0.2, 0.25) is 0 Å². The molecule has 1 fully saturated rings. The van der Waals surface area contributed by atoms with Gasteiger partial charge in [0, 0.05) is 41.0 Å². The van der Waals surface area contributed by atoms with Crippen molar-refractivity contribution < 1.29 is 22.5 Å². The summed E-state index contributed by atoms with van der Waals surface area (Å²) in [7, 11) is 0. The minimum Gasteiger partial charge on any atom is -0.508 e. The number of halogens is 1. The van der Waals surface area contributed by atoms with E-state index in [1.807, 2.05) is 13.0 Å². The van der Waals surface area contributed by atoms with Crippen molar-refractivity contribution in [3.63, 3.8) is 0 Å². The van der Waals surface area contributed by atoms with Crippen LogP contribution >= 0.6 is 33.2 Å². The van der Waals surface area contributed by atoms with Crippen molar-refractivity contribution in [2.24, 2.45) is 5.73 Å². The SMILES string of the molecule is C[C@]1(NI=O)C(N)CSC1/C=C/CCCC(=O)Nc1nc2c(c(-c3ccc(CO)o3)c1C#N)Cc1cc(O)ccc1-2. The number of aromatic hydroxyl groups is 1. The van der Waals surface area contributed by atoms with E-state index in [0.717, 1.165) is 22.4 Å². The van der Waals surface area contributed by atoms with E-state index < -0.39 is 27.0 Å². The Kier molecular flexibility index (Phi) is 8.91. The molecular weight excluding hydrogens is 657 g/mol. The van der Waals surface area contributed by atoms with Crippen molar-refractivity contribution in [1.82, 2.24) is 8.51 Å². The van der Waals surface area contributed by atoms with Crippen LogP contribution in [0, 0.1) is 11.3 Å². The van der Waals surface area contributed by atoms with E-state index in [1.165, 1.54) is 0 Å². The molecule has 1 saturated heterocycles. The number of unbranched alkanes of at least 4 members (excludes halogenated alkanes) is 1. The van der Waals surface area contributed by atoms with E-state index in [4.69, 9.17) is 15.1 Å². The van der Waals surface area contributed by atoms with Gasteiger partial charge in [-0.15, -0.1) is 0 Å². The zero-order valence-electron chi connectivity index (χ0n) is 22.3. The highest BCUT2D eigenvalue weighted by molar-refractivity contribution is 14.1. The van der Waals surface area contributed by atoms with Crippen LogP contribution in [0.3, 0.4) is 0 Å². The quantitative estimate of drug-likeness (QED) is 0.0682. The third-order valence-electron chi connectivity index (χ3n) is 7.59. The normalized spacial score (nSPS) is 21.1. The first-order valence-corrected chi connectivity index (χ1v) is 16.2. The van der Waals surface area contributed by atoms with Crippen LogP contribution in [0.25, 0.3) is 22.6 Å². The van der Waals surface area contributed by atoms with Crippen molar-refractivity contribution in [2.45, 2.75) is 56.0 Å². The minimum absolute atomic E-state index is 0.0883. The van der Waals surface area contributed by atoms with Gasteiger partial charge >= 0.3 is 0 Å². The van der Waals surface area contributed by atoms with Crippen molar-refractivity contribution >= 4 is 45.0 Å². The van der Waals surface area contributed by atoms with Crippen LogP contribution < -0.4 is 14.6 Å². The summed E-state index contributed by atoms with van der Waals surface area (Å²) in [6, 6.07) is 10.5. The third-order valence-corrected chi connectivity index (χ3v) is 10.5. The Bertz CT molecular complexity index is 1570. The van der Waals surface area contributed by atoms with E-state index in [9.17, 15) is 23.3 Å². The van der Waals surface area contributed by atoms with E-state index >= 15 is 0 Å². The van der Waals surface area contributed by atoms with Gasteiger partial charge < -0.3 is 25.7 Å². The molecule has 1 aliphatic heterocycles. The molecule has 41 heavy (non-hydrogen) atoms. The van der Waals surface area contributed by atoms with Gasteiger partial charge in [-0.1, -0.05) is 12.2 Å². The van der Waals surface area contributed by atoms with Gasteiger partial charge in [0.1, 0.15) is 35.5 Å². The highest BCUT2D eigenvalue weighted by Crippen LogP contribution is 2.45. The lowest BCUT2D eigenvalue weighted by Crippen LogP contribution is -2.55. The number of hydrogen-bond donors (Lipinski definition) is 5. The molecule has 3 atom stereocenters.